The van der Waals surface area contributed by atoms with Crippen molar-refractivity contribution < 1.29 is 14.3 Å². The maximum Gasteiger partial charge on any atom is 0.244 e. The van der Waals surface area contributed by atoms with Crippen LogP contribution in [-0.2, 0) is 4.79 Å². The fourth-order valence-corrected chi connectivity index (χ4v) is 5.43. The molecule has 2 heterocycles. The van der Waals surface area contributed by atoms with Crippen LogP contribution in [0.3, 0.4) is 0 Å². The van der Waals surface area contributed by atoms with Crippen LogP contribution < -0.4 is 14.8 Å². The molecule has 0 saturated heterocycles. The van der Waals surface area contributed by atoms with Crippen LogP contribution in [-0.4, -0.2) is 35.7 Å². The Bertz CT molecular complexity index is 1400. The third-order valence-electron chi connectivity index (χ3n) is 6.11. The van der Waals surface area contributed by atoms with Gasteiger partial charge in [-0.1, -0.05) is 36.4 Å². The zero-order valence-electron chi connectivity index (χ0n) is 20.2. The van der Waals surface area contributed by atoms with Crippen molar-refractivity contribution in [3.05, 3.63) is 96.2 Å². The first-order valence-electron chi connectivity index (χ1n) is 11.7. The Hall–Kier alpha value is -3.97. The van der Waals surface area contributed by atoms with E-state index in [-0.39, 0.29) is 11.9 Å². The number of ether oxygens (including phenoxy) is 2. The Balaban J connectivity index is 1.45. The molecule has 0 aliphatic carbocycles. The highest BCUT2D eigenvalue weighted by molar-refractivity contribution is 7.99. The highest BCUT2D eigenvalue weighted by Gasteiger charge is 2.21. The van der Waals surface area contributed by atoms with E-state index in [0.717, 1.165) is 34.7 Å². The van der Waals surface area contributed by atoms with Crippen LogP contribution in [0.4, 0.5) is 0 Å². The highest BCUT2D eigenvalue weighted by atomic mass is 32.2. The molecule has 3 aromatic carbocycles. The summed E-state index contributed by atoms with van der Waals surface area (Å²) < 4.78 is 12.7. The van der Waals surface area contributed by atoms with Crippen LogP contribution in [0.25, 0.3) is 23.0 Å². The fraction of sp³-hybridized carbons (Fsp3) is 0.172. The summed E-state index contributed by atoms with van der Waals surface area (Å²) in [5, 5.41) is 8.01. The van der Waals surface area contributed by atoms with Crippen molar-refractivity contribution >= 4 is 23.7 Å². The molecule has 182 valence electrons. The Labute approximate surface area is 214 Å². The summed E-state index contributed by atoms with van der Waals surface area (Å²) in [5.41, 5.74) is 4.53. The molecular formula is C29H27N3O3S. The first kappa shape index (κ1) is 23.8. The second-order valence-electron chi connectivity index (χ2n) is 8.35. The van der Waals surface area contributed by atoms with Crippen LogP contribution in [0, 0.1) is 0 Å². The van der Waals surface area contributed by atoms with E-state index in [1.807, 2.05) is 89.4 Å². The minimum Gasteiger partial charge on any atom is -0.493 e. The lowest BCUT2D eigenvalue weighted by Crippen LogP contribution is -2.29. The Kier molecular flexibility index (Phi) is 7.09. The van der Waals surface area contributed by atoms with Crippen molar-refractivity contribution in [1.82, 2.24) is 15.1 Å². The molecule has 1 amide bonds. The summed E-state index contributed by atoms with van der Waals surface area (Å²) >= 11 is 1.84. The number of methoxy groups -OCH3 is 2. The molecule has 0 bridgehead atoms. The minimum absolute atomic E-state index is 0.0111. The van der Waals surface area contributed by atoms with Crippen molar-refractivity contribution in [2.75, 3.05) is 20.0 Å². The third kappa shape index (κ3) is 5.02. The number of hydrogen-bond acceptors (Lipinski definition) is 5. The normalized spacial score (nSPS) is 14.9. The van der Waals surface area contributed by atoms with Gasteiger partial charge in [-0.3, -0.25) is 4.79 Å². The number of thioether (sulfide) groups is 1. The van der Waals surface area contributed by atoms with Gasteiger partial charge in [-0.2, -0.15) is 5.10 Å². The zero-order valence-corrected chi connectivity index (χ0v) is 21.0. The number of nitrogens with one attached hydrogen (secondary N) is 1. The summed E-state index contributed by atoms with van der Waals surface area (Å²) in [4.78, 5) is 14.2. The van der Waals surface area contributed by atoms with Crippen molar-refractivity contribution in [3.8, 4) is 28.4 Å². The second-order valence-corrected chi connectivity index (χ2v) is 9.49. The van der Waals surface area contributed by atoms with E-state index in [9.17, 15) is 4.79 Å². The van der Waals surface area contributed by atoms with E-state index < -0.39 is 0 Å². The van der Waals surface area contributed by atoms with E-state index in [0.29, 0.717) is 11.5 Å². The number of fused-ring (bicyclic) bond motifs is 1. The first-order chi connectivity index (χ1) is 17.7. The van der Waals surface area contributed by atoms with Gasteiger partial charge in [-0.25, -0.2) is 4.68 Å². The number of aromatic nitrogens is 2. The summed E-state index contributed by atoms with van der Waals surface area (Å²) in [6.45, 7) is 0. The molecule has 1 aliphatic heterocycles. The predicted molar refractivity (Wildman–Crippen MR) is 144 cm³/mol. The van der Waals surface area contributed by atoms with Crippen molar-refractivity contribution in [3.63, 3.8) is 0 Å². The number of nitrogens with zero attached hydrogens (tertiary/aromatic N) is 2. The topological polar surface area (TPSA) is 65.4 Å². The molecule has 5 rings (SSSR count). The molecular weight excluding hydrogens is 470 g/mol. The van der Waals surface area contributed by atoms with E-state index in [2.05, 4.69) is 17.4 Å². The number of carbonyl (C=O) groups is 1. The van der Waals surface area contributed by atoms with Gasteiger partial charge in [0.2, 0.25) is 5.91 Å². The van der Waals surface area contributed by atoms with Gasteiger partial charge in [-0.05, 0) is 54.5 Å². The van der Waals surface area contributed by atoms with E-state index in [1.165, 1.54) is 10.5 Å². The SMILES string of the molecule is COc1ccc(-c2nn(-c3ccccc3)cc2/C=C/C(=O)NC2CCSc3ccccc32)cc1OC. The average Bonchev–Trinajstić information content (AvgIpc) is 3.36. The number of benzene rings is 3. The number of para-hydroxylation sites is 1. The van der Waals surface area contributed by atoms with Gasteiger partial charge in [0.1, 0.15) is 5.69 Å². The number of amides is 1. The third-order valence-corrected chi connectivity index (χ3v) is 7.23. The quantitative estimate of drug-likeness (QED) is 0.321. The molecule has 0 fully saturated rings. The fourth-order valence-electron chi connectivity index (χ4n) is 4.31. The van der Waals surface area contributed by atoms with Gasteiger partial charge in [0, 0.05) is 34.0 Å². The van der Waals surface area contributed by atoms with E-state index in [1.54, 1.807) is 20.3 Å². The lowest BCUT2D eigenvalue weighted by atomic mass is 10.0. The van der Waals surface area contributed by atoms with Gasteiger partial charge in [-0.15, -0.1) is 11.8 Å². The number of hydrogen-bond donors (Lipinski definition) is 1. The van der Waals surface area contributed by atoms with Gasteiger partial charge < -0.3 is 14.8 Å². The summed E-state index contributed by atoms with van der Waals surface area (Å²) in [6, 6.07) is 23.8. The van der Waals surface area contributed by atoms with E-state index in [4.69, 9.17) is 14.6 Å². The molecule has 0 spiro atoms. The standard InChI is InChI=1S/C29H27N3O3S/c1-34-25-14-12-20(18-26(25)35-2)29-21(19-32(31-29)22-8-4-3-5-9-22)13-15-28(33)30-24-16-17-36-27-11-7-6-10-23(24)27/h3-15,18-19,24H,16-17H2,1-2H3,(H,30,33)/b15-13+. The second kappa shape index (κ2) is 10.7. The summed E-state index contributed by atoms with van der Waals surface area (Å²) in [5.74, 6) is 2.11. The van der Waals surface area contributed by atoms with Gasteiger partial charge in [0.25, 0.3) is 0 Å². The maximum absolute atomic E-state index is 12.9. The van der Waals surface area contributed by atoms with Crippen LogP contribution in [0.15, 0.2) is 90.0 Å². The Morgan fingerprint density at radius 2 is 1.81 bits per heavy atom. The molecule has 4 aromatic rings. The van der Waals surface area contributed by atoms with E-state index >= 15 is 0 Å². The lowest BCUT2D eigenvalue weighted by molar-refractivity contribution is -0.117. The van der Waals surface area contributed by atoms with Crippen LogP contribution >= 0.6 is 11.8 Å². The molecule has 0 saturated carbocycles. The molecule has 1 aliphatic rings. The molecule has 6 nitrogen and oxygen atoms in total. The van der Waals surface area contributed by atoms with Gasteiger partial charge in [0.15, 0.2) is 11.5 Å². The number of rotatable bonds is 7. The van der Waals surface area contributed by atoms with Gasteiger partial charge >= 0.3 is 0 Å². The van der Waals surface area contributed by atoms with Crippen LogP contribution in [0.1, 0.15) is 23.6 Å². The predicted octanol–water partition coefficient (Wildman–Crippen LogP) is 5.92. The smallest absolute Gasteiger partial charge is 0.244 e. The highest BCUT2D eigenvalue weighted by Crippen LogP contribution is 2.36. The monoisotopic (exact) mass is 497 g/mol. The zero-order chi connectivity index (χ0) is 24.9. The first-order valence-corrected chi connectivity index (χ1v) is 12.7. The maximum atomic E-state index is 12.9. The largest absolute Gasteiger partial charge is 0.493 e. The Morgan fingerprint density at radius 1 is 1.03 bits per heavy atom. The molecule has 1 unspecified atom stereocenters. The Morgan fingerprint density at radius 3 is 2.61 bits per heavy atom. The molecule has 1 atom stereocenters. The molecule has 7 heteroatoms. The molecule has 1 N–H and O–H groups in total. The minimum atomic E-state index is -0.132. The van der Waals surface area contributed by atoms with Gasteiger partial charge in [0.05, 0.1) is 25.9 Å². The summed E-state index contributed by atoms with van der Waals surface area (Å²) in [7, 11) is 3.22. The molecule has 1 aromatic heterocycles. The molecule has 0 radical (unpaired) electrons. The molecule has 36 heavy (non-hydrogen) atoms. The average molecular weight is 498 g/mol. The van der Waals surface area contributed by atoms with Crippen molar-refractivity contribution in [1.29, 1.82) is 0 Å². The summed E-state index contributed by atoms with van der Waals surface area (Å²) in [6.07, 6.45) is 6.24. The van der Waals surface area contributed by atoms with Crippen molar-refractivity contribution in [2.45, 2.75) is 17.4 Å². The van der Waals surface area contributed by atoms with Crippen molar-refractivity contribution in [2.24, 2.45) is 0 Å². The van der Waals surface area contributed by atoms with Crippen LogP contribution in [0.2, 0.25) is 0 Å². The lowest BCUT2D eigenvalue weighted by Gasteiger charge is -2.25. The van der Waals surface area contributed by atoms with Crippen LogP contribution in [0.5, 0.6) is 11.5 Å². The number of carbonyl (C=O) groups excluding carboxylic acids is 1.